The van der Waals surface area contributed by atoms with Gasteiger partial charge in [0.15, 0.2) is 5.82 Å². The molecular weight excluding hydrogens is 341 g/mol. The average molecular weight is 357 g/mol. The van der Waals surface area contributed by atoms with Gasteiger partial charge in [-0.25, -0.2) is 4.98 Å². The Labute approximate surface area is 142 Å². The van der Waals surface area contributed by atoms with Crippen LogP contribution in [0.15, 0.2) is 30.5 Å². The number of nitrogens with zero attached hydrogens (tertiary/aromatic N) is 2. The molecular formula is C16H16ClF3N4. The zero-order chi connectivity index (χ0) is 17.2. The van der Waals surface area contributed by atoms with Crippen molar-refractivity contribution in [1.29, 1.82) is 0 Å². The molecule has 0 amide bonds. The fourth-order valence-corrected chi connectivity index (χ4v) is 2.83. The van der Waals surface area contributed by atoms with Crippen LogP contribution in [0.25, 0.3) is 0 Å². The molecule has 1 aliphatic rings. The summed E-state index contributed by atoms with van der Waals surface area (Å²) in [4.78, 5) is 8.40. The van der Waals surface area contributed by atoms with E-state index >= 15 is 0 Å². The molecule has 1 aromatic heterocycles. The summed E-state index contributed by atoms with van der Waals surface area (Å²) in [5.74, 6) is 0.687. The number of alkyl halides is 3. The molecule has 0 atom stereocenters. The molecule has 3 rings (SSSR count). The molecule has 128 valence electrons. The van der Waals surface area contributed by atoms with Gasteiger partial charge in [0.2, 0.25) is 5.95 Å². The largest absolute Gasteiger partial charge is 0.416 e. The van der Waals surface area contributed by atoms with Crippen molar-refractivity contribution in [3.05, 3.63) is 41.0 Å². The van der Waals surface area contributed by atoms with Gasteiger partial charge in [-0.1, -0.05) is 30.5 Å². The molecule has 1 fully saturated rings. The second-order valence-corrected chi connectivity index (χ2v) is 6.13. The zero-order valence-electron chi connectivity index (χ0n) is 12.7. The van der Waals surface area contributed by atoms with Crippen molar-refractivity contribution in [3.8, 4) is 0 Å². The predicted molar refractivity (Wildman–Crippen MR) is 87.6 cm³/mol. The summed E-state index contributed by atoms with van der Waals surface area (Å²) in [6.45, 7) is 0. The van der Waals surface area contributed by atoms with Crippen molar-refractivity contribution in [2.75, 3.05) is 10.6 Å². The fourth-order valence-electron chi connectivity index (χ4n) is 2.69. The van der Waals surface area contributed by atoms with Gasteiger partial charge in [-0.05, 0) is 31.0 Å². The lowest BCUT2D eigenvalue weighted by molar-refractivity contribution is -0.137. The third-order valence-electron chi connectivity index (χ3n) is 3.89. The van der Waals surface area contributed by atoms with E-state index < -0.39 is 11.7 Å². The van der Waals surface area contributed by atoms with Crippen LogP contribution in [0.4, 0.5) is 30.6 Å². The number of rotatable bonds is 4. The Kier molecular flexibility index (Phi) is 4.80. The highest BCUT2D eigenvalue weighted by atomic mass is 35.5. The second-order valence-electron chi connectivity index (χ2n) is 5.72. The number of hydrogen-bond acceptors (Lipinski definition) is 4. The summed E-state index contributed by atoms with van der Waals surface area (Å²) in [5, 5.41) is 6.30. The molecule has 1 heterocycles. The van der Waals surface area contributed by atoms with Crippen LogP contribution in [0.2, 0.25) is 5.02 Å². The van der Waals surface area contributed by atoms with Crippen LogP contribution in [0, 0.1) is 0 Å². The van der Waals surface area contributed by atoms with Crippen LogP contribution >= 0.6 is 11.6 Å². The Bertz CT molecular complexity index is 715. The Morgan fingerprint density at radius 2 is 1.92 bits per heavy atom. The highest BCUT2D eigenvalue weighted by molar-refractivity contribution is 6.32. The normalized spacial score (nSPS) is 15.5. The Balaban J connectivity index is 1.79. The highest BCUT2D eigenvalue weighted by Gasteiger charge is 2.30. The lowest BCUT2D eigenvalue weighted by Gasteiger charge is -2.14. The van der Waals surface area contributed by atoms with Crippen molar-refractivity contribution in [2.24, 2.45) is 0 Å². The highest BCUT2D eigenvalue weighted by Crippen LogP contribution is 2.32. The molecule has 2 N–H and O–H groups in total. The van der Waals surface area contributed by atoms with Crippen molar-refractivity contribution in [1.82, 2.24) is 9.97 Å². The standard InChI is InChI=1S/C16H16ClF3N4/c17-13-9-21-15(23-11-5-1-2-6-11)24-14(13)22-12-7-3-4-10(8-12)16(18,19)20/h3-4,7-9,11H,1-2,5-6H2,(H2,21,22,23,24). The number of benzene rings is 1. The molecule has 0 aliphatic heterocycles. The van der Waals surface area contributed by atoms with Gasteiger partial charge in [-0.3, -0.25) is 0 Å². The zero-order valence-corrected chi connectivity index (χ0v) is 13.5. The van der Waals surface area contributed by atoms with E-state index in [1.54, 1.807) is 0 Å². The molecule has 0 spiro atoms. The number of anilines is 3. The SMILES string of the molecule is FC(F)(F)c1cccc(Nc2nc(NC3CCCC3)ncc2Cl)c1. The molecule has 8 heteroatoms. The maximum Gasteiger partial charge on any atom is 0.416 e. The van der Waals surface area contributed by atoms with Crippen LogP contribution < -0.4 is 10.6 Å². The van der Waals surface area contributed by atoms with Gasteiger partial charge in [-0.15, -0.1) is 0 Å². The van der Waals surface area contributed by atoms with E-state index in [0.29, 0.717) is 12.0 Å². The third kappa shape index (κ3) is 4.08. The minimum absolute atomic E-state index is 0.240. The van der Waals surface area contributed by atoms with Crippen LogP contribution in [-0.2, 0) is 6.18 Å². The summed E-state index contributed by atoms with van der Waals surface area (Å²) in [5.41, 5.74) is -0.473. The molecule has 24 heavy (non-hydrogen) atoms. The monoisotopic (exact) mass is 356 g/mol. The Morgan fingerprint density at radius 1 is 1.17 bits per heavy atom. The van der Waals surface area contributed by atoms with Crippen LogP contribution in [0.1, 0.15) is 31.2 Å². The van der Waals surface area contributed by atoms with Gasteiger partial charge in [0.25, 0.3) is 0 Å². The van der Waals surface area contributed by atoms with E-state index in [1.165, 1.54) is 31.2 Å². The van der Waals surface area contributed by atoms with Crippen molar-refractivity contribution >= 4 is 29.1 Å². The second kappa shape index (κ2) is 6.84. The van der Waals surface area contributed by atoms with Crippen molar-refractivity contribution < 1.29 is 13.2 Å². The molecule has 1 aliphatic carbocycles. The summed E-state index contributed by atoms with van der Waals surface area (Å²) in [6, 6.07) is 5.21. The molecule has 0 saturated heterocycles. The maximum atomic E-state index is 12.8. The lowest BCUT2D eigenvalue weighted by Crippen LogP contribution is -2.17. The molecule has 0 bridgehead atoms. The topological polar surface area (TPSA) is 49.8 Å². The number of halogens is 4. The Hall–Kier alpha value is -2.02. The quantitative estimate of drug-likeness (QED) is 0.785. The van der Waals surface area contributed by atoms with E-state index in [0.717, 1.165) is 25.0 Å². The van der Waals surface area contributed by atoms with E-state index in [1.807, 2.05) is 0 Å². The summed E-state index contributed by atoms with van der Waals surface area (Å²) >= 11 is 6.05. The first-order chi connectivity index (χ1) is 11.4. The van der Waals surface area contributed by atoms with Crippen molar-refractivity contribution in [2.45, 2.75) is 37.9 Å². The number of hydrogen-bond donors (Lipinski definition) is 2. The number of aromatic nitrogens is 2. The van der Waals surface area contributed by atoms with Gasteiger partial charge in [0.05, 0.1) is 11.8 Å². The first-order valence-corrected chi connectivity index (χ1v) is 8.03. The van der Waals surface area contributed by atoms with E-state index in [4.69, 9.17) is 11.6 Å². The molecule has 1 aromatic carbocycles. The van der Waals surface area contributed by atoms with E-state index in [-0.39, 0.29) is 16.5 Å². The van der Waals surface area contributed by atoms with Gasteiger partial charge in [0, 0.05) is 11.7 Å². The molecule has 4 nitrogen and oxygen atoms in total. The molecule has 0 unspecified atom stereocenters. The minimum atomic E-state index is -4.40. The fraction of sp³-hybridized carbons (Fsp3) is 0.375. The van der Waals surface area contributed by atoms with Crippen LogP contribution in [0.3, 0.4) is 0 Å². The van der Waals surface area contributed by atoms with Crippen LogP contribution in [-0.4, -0.2) is 16.0 Å². The third-order valence-corrected chi connectivity index (χ3v) is 4.16. The summed E-state index contributed by atoms with van der Waals surface area (Å²) in [7, 11) is 0. The van der Waals surface area contributed by atoms with E-state index in [9.17, 15) is 13.2 Å². The molecule has 0 radical (unpaired) electrons. The van der Waals surface area contributed by atoms with E-state index in [2.05, 4.69) is 20.6 Å². The first-order valence-electron chi connectivity index (χ1n) is 7.65. The van der Waals surface area contributed by atoms with Crippen LogP contribution in [0.5, 0.6) is 0 Å². The minimum Gasteiger partial charge on any atom is -0.351 e. The Morgan fingerprint density at radius 3 is 2.62 bits per heavy atom. The predicted octanol–water partition coefficient (Wildman–Crippen LogP) is 5.25. The van der Waals surface area contributed by atoms with Gasteiger partial charge in [-0.2, -0.15) is 18.2 Å². The average Bonchev–Trinajstić information content (AvgIpc) is 3.03. The maximum absolute atomic E-state index is 12.8. The molecule has 1 saturated carbocycles. The molecule has 2 aromatic rings. The van der Waals surface area contributed by atoms with Crippen molar-refractivity contribution in [3.63, 3.8) is 0 Å². The van der Waals surface area contributed by atoms with Gasteiger partial charge < -0.3 is 10.6 Å². The summed E-state index contributed by atoms with van der Waals surface area (Å²) < 4.78 is 38.4. The van der Waals surface area contributed by atoms with Gasteiger partial charge in [0.1, 0.15) is 5.02 Å². The summed E-state index contributed by atoms with van der Waals surface area (Å²) in [6.07, 6.45) is 1.48. The first kappa shape index (κ1) is 16.8. The lowest BCUT2D eigenvalue weighted by atomic mass is 10.2. The smallest absolute Gasteiger partial charge is 0.351 e. The van der Waals surface area contributed by atoms with Gasteiger partial charge >= 0.3 is 6.18 Å². The number of nitrogens with one attached hydrogen (secondary N) is 2.